The lowest BCUT2D eigenvalue weighted by Gasteiger charge is -2.15. The molecule has 0 radical (unpaired) electrons. The van der Waals surface area contributed by atoms with E-state index >= 15 is 0 Å². The molecule has 0 aromatic heterocycles. The number of amides is 1. The summed E-state index contributed by atoms with van der Waals surface area (Å²) < 4.78 is 32.4. The zero-order valence-electron chi connectivity index (χ0n) is 12.5. The summed E-state index contributed by atoms with van der Waals surface area (Å²) in [4.78, 5) is 12.0. The van der Waals surface area contributed by atoms with Crippen LogP contribution in [0.1, 0.15) is 12.5 Å². The number of nitrogens with one attached hydrogen (secondary N) is 1. The van der Waals surface area contributed by atoms with E-state index < -0.39 is 17.7 Å². The lowest BCUT2D eigenvalue weighted by Crippen LogP contribution is -2.37. The predicted molar refractivity (Wildman–Crippen MR) is 84.6 cm³/mol. The molecule has 2 aromatic rings. The number of halogens is 3. The summed E-state index contributed by atoms with van der Waals surface area (Å²) >= 11 is 5.95. The van der Waals surface area contributed by atoms with Gasteiger partial charge in [0.25, 0.3) is 5.91 Å². The Morgan fingerprint density at radius 1 is 1.17 bits per heavy atom. The molecule has 2 aromatic carbocycles. The zero-order chi connectivity index (χ0) is 16.8. The van der Waals surface area contributed by atoms with Crippen LogP contribution in [-0.2, 0) is 11.2 Å². The SMILES string of the molecule is CC(Oc1ccccc1Cl)C(=O)NCCc1c(F)cccc1F. The Bertz CT molecular complexity index is 674. The second-order valence-corrected chi connectivity index (χ2v) is 5.34. The van der Waals surface area contributed by atoms with Crippen molar-refractivity contribution in [3.63, 3.8) is 0 Å². The fourth-order valence-electron chi connectivity index (χ4n) is 2.01. The van der Waals surface area contributed by atoms with Crippen molar-refractivity contribution in [2.45, 2.75) is 19.4 Å². The average molecular weight is 340 g/mol. The number of ether oxygens (including phenoxy) is 1. The van der Waals surface area contributed by atoms with Gasteiger partial charge < -0.3 is 10.1 Å². The van der Waals surface area contributed by atoms with E-state index in [2.05, 4.69) is 5.32 Å². The third-order valence-corrected chi connectivity index (χ3v) is 3.56. The van der Waals surface area contributed by atoms with Crippen molar-refractivity contribution in [1.82, 2.24) is 5.32 Å². The molecule has 6 heteroatoms. The highest BCUT2D eigenvalue weighted by Crippen LogP contribution is 2.24. The summed E-state index contributed by atoms with van der Waals surface area (Å²) in [7, 11) is 0. The molecule has 0 aliphatic carbocycles. The third-order valence-electron chi connectivity index (χ3n) is 3.25. The fourth-order valence-corrected chi connectivity index (χ4v) is 2.19. The molecule has 23 heavy (non-hydrogen) atoms. The number of benzene rings is 2. The molecule has 1 N–H and O–H groups in total. The average Bonchev–Trinajstić information content (AvgIpc) is 2.52. The van der Waals surface area contributed by atoms with Gasteiger partial charge in [0.05, 0.1) is 5.02 Å². The van der Waals surface area contributed by atoms with Crippen LogP contribution in [0.15, 0.2) is 42.5 Å². The maximum atomic E-state index is 13.5. The minimum atomic E-state index is -0.777. The van der Waals surface area contributed by atoms with E-state index in [1.165, 1.54) is 18.2 Å². The van der Waals surface area contributed by atoms with Gasteiger partial charge in [0.2, 0.25) is 0 Å². The highest BCUT2D eigenvalue weighted by atomic mass is 35.5. The van der Waals surface area contributed by atoms with Crippen molar-refractivity contribution in [2.75, 3.05) is 6.54 Å². The number of hydrogen-bond acceptors (Lipinski definition) is 2. The van der Waals surface area contributed by atoms with Crippen LogP contribution < -0.4 is 10.1 Å². The molecule has 0 fully saturated rings. The quantitative estimate of drug-likeness (QED) is 0.870. The topological polar surface area (TPSA) is 38.3 Å². The van der Waals surface area contributed by atoms with E-state index in [0.29, 0.717) is 10.8 Å². The Morgan fingerprint density at radius 3 is 2.48 bits per heavy atom. The van der Waals surface area contributed by atoms with Gasteiger partial charge >= 0.3 is 0 Å². The van der Waals surface area contributed by atoms with E-state index in [4.69, 9.17) is 16.3 Å². The zero-order valence-corrected chi connectivity index (χ0v) is 13.2. The monoisotopic (exact) mass is 339 g/mol. The summed E-state index contributed by atoms with van der Waals surface area (Å²) in [5.41, 5.74) is -0.0486. The Hall–Kier alpha value is -2.14. The van der Waals surface area contributed by atoms with Gasteiger partial charge in [-0.25, -0.2) is 8.78 Å². The molecular weight excluding hydrogens is 324 g/mol. The number of carbonyl (C=O) groups excluding carboxylic acids is 1. The first-order valence-corrected chi connectivity index (χ1v) is 7.48. The molecule has 0 bridgehead atoms. The van der Waals surface area contributed by atoms with Crippen LogP contribution in [0.25, 0.3) is 0 Å². The van der Waals surface area contributed by atoms with E-state index in [1.807, 2.05) is 0 Å². The smallest absolute Gasteiger partial charge is 0.260 e. The Labute approximate surface area is 138 Å². The first kappa shape index (κ1) is 17.2. The van der Waals surface area contributed by atoms with E-state index in [0.717, 1.165) is 0 Å². The molecule has 122 valence electrons. The molecule has 0 aliphatic rings. The van der Waals surface area contributed by atoms with Crippen LogP contribution in [0.2, 0.25) is 5.02 Å². The summed E-state index contributed by atoms with van der Waals surface area (Å²) in [6, 6.07) is 10.5. The largest absolute Gasteiger partial charge is 0.479 e. The molecule has 0 saturated carbocycles. The summed E-state index contributed by atoms with van der Waals surface area (Å²) in [6.45, 7) is 1.68. The minimum absolute atomic E-state index is 0.0486. The van der Waals surface area contributed by atoms with Crippen LogP contribution in [0.3, 0.4) is 0 Å². The van der Waals surface area contributed by atoms with Crippen molar-refractivity contribution in [3.8, 4) is 5.75 Å². The van der Waals surface area contributed by atoms with Gasteiger partial charge in [-0.05, 0) is 37.6 Å². The minimum Gasteiger partial charge on any atom is -0.479 e. The predicted octanol–water partition coefficient (Wildman–Crippen LogP) is 3.74. The Balaban J connectivity index is 1.86. The van der Waals surface area contributed by atoms with Crippen molar-refractivity contribution in [3.05, 3.63) is 64.7 Å². The number of carbonyl (C=O) groups is 1. The number of hydrogen-bond donors (Lipinski definition) is 1. The number of para-hydroxylation sites is 1. The Morgan fingerprint density at radius 2 is 1.83 bits per heavy atom. The van der Waals surface area contributed by atoms with Gasteiger partial charge in [-0.15, -0.1) is 0 Å². The summed E-state index contributed by atoms with van der Waals surface area (Å²) in [6.07, 6.45) is -0.719. The summed E-state index contributed by atoms with van der Waals surface area (Å²) in [5.74, 6) is -1.24. The van der Waals surface area contributed by atoms with Gasteiger partial charge in [0, 0.05) is 12.1 Å². The molecule has 3 nitrogen and oxygen atoms in total. The van der Waals surface area contributed by atoms with Gasteiger partial charge in [-0.1, -0.05) is 29.8 Å². The molecule has 0 aliphatic heterocycles. The van der Waals surface area contributed by atoms with Crippen molar-refractivity contribution in [1.29, 1.82) is 0 Å². The highest BCUT2D eigenvalue weighted by molar-refractivity contribution is 6.32. The van der Waals surface area contributed by atoms with Crippen LogP contribution in [0.4, 0.5) is 8.78 Å². The van der Waals surface area contributed by atoms with Crippen LogP contribution in [-0.4, -0.2) is 18.6 Å². The van der Waals surface area contributed by atoms with Crippen molar-refractivity contribution in [2.24, 2.45) is 0 Å². The number of rotatable bonds is 6. The maximum absolute atomic E-state index is 13.5. The molecule has 2 rings (SSSR count). The molecule has 1 amide bonds. The molecule has 0 spiro atoms. The lowest BCUT2D eigenvalue weighted by atomic mass is 10.1. The van der Waals surface area contributed by atoms with Gasteiger partial charge in [-0.3, -0.25) is 4.79 Å². The summed E-state index contributed by atoms with van der Waals surface area (Å²) in [5, 5.41) is 2.99. The van der Waals surface area contributed by atoms with Crippen molar-refractivity contribution < 1.29 is 18.3 Å². The third kappa shape index (κ3) is 4.66. The molecule has 0 saturated heterocycles. The van der Waals surface area contributed by atoms with E-state index in [9.17, 15) is 13.6 Å². The second kappa shape index (κ2) is 7.92. The molecule has 1 unspecified atom stereocenters. The van der Waals surface area contributed by atoms with Crippen LogP contribution in [0.5, 0.6) is 5.75 Å². The molecule has 1 atom stereocenters. The normalized spacial score (nSPS) is 11.8. The van der Waals surface area contributed by atoms with E-state index in [-0.39, 0.29) is 24.4 Å². The van der Waals surface area contributed by atoms with Gasteiger partial charge in [0.15, 0.2) is 6.10 Å². The Kier molecular flexibility index (Phi) is 5.93. The first-order valence-electron chi connectivity index (χ1n) is 7.11. The van der Waals surface area contributed by atoms with Gasteiger partial charge in [-0.2, -0.15) is 0 Å². The van der Waals surface area contributed by atoms with E-state index in [1.54, 1.807) is 31.2 Å². The van der Waals surface area contributed by atoms with Crippen molar-refractivity contribution >= 4 is 17.5 Å². The first-order chi connectivity index (χ1) is 11.0. The highest BCUT2D eigenvalue weighted by Gasteiger charge is 2.16. The lowest BCUT2D eigenvalue weighted by molar-refractivity contribution is -0.127. The van der Waals surface area contributed by atoms with Crippen LogP contribution in [0, 0.1) is 11.6 Å². The van der Waals surface area contributed by atoms with Crippen LogP contribution >= 0.6 is 11.6 Å². The second-order valence-electron chi connectivity index (χ2n) is 4.93. The molecule has 0 heterocycles. The fraction of sp³-hybridized carbons (Fsp3) is 0.235. The standard InChI is InChI=1S/C17H16ClF2NO2/c1-11(23-16-8-3-2-5-13(16)18)17(22)21-10-9-12-14(19)6-4-7-15(12)20/h2-8,11H,9-10H2,1H3,(H,21,22). The van der Waals surface area contributed by atoms with Gasteiger partial charge in [0.1, 0.15) is 17.4 Å². The molecular formula is C17H16ClF2NO2. The maximum Gasteiger partial charge on any atom is 0.260 e.